The fraction of sp³-hybridized carbons (Fsp3) is 0.238. The number of carbonyl (C=O) groups is 1. The highest BCUT2D eigenvalue weighted by atomic mass is 19.1. The van der Waals surface area contributed by atoms with Crippen LogP contribution in [0, 0.1) is 5.82 Å². The van der Waals surface area contributed by atoms with Crippen LogP contribution in [-0.2, 0) is 6.61 Å². The molecule has 2 heterocycles. The van der Waals surface area contributed by atoms with Crippen molar-refractivity contribution in [3.05, 3.63) is 77.8 Å². The molecule has 1 saturated heterocycles. The number of methoxy groups -OCH3 is 1. The summed E-state index contributed by atoms with van der Waals surface area (Å²) in [5.41, 5.74) is 1.25. The lowest BCUT2D eigenvalue weighted by Crippen LogP contribution is -2.45. The van der Waals surface area contributed by atoms with E-state index in [1.165, 1.54) is 18.4 Å². The van der Waals surface area contributed by atoms with Gasteiger partial charge in [0.2, 0.25) is 5.89 Å². The van der Waals surface area contributed by atoms with E-state index in [-0.39, 0.29) is 36.0 Å². The first-order valence-corrected chi connectivity index (χ1v) is 8.92. The van der Waals surface area contributed by atoms with Crippen molar-refractivity contribution in [1.29, 1.82) is 0 Å². The number of aromatic nitrogens is 1. The Labute approximate surface area is 161 Å². The summed E-state index contributed by atoms with van der Waals surface area (Å²) in [6, 6.07) is 13.5. The van der Waals surface area contributed by atoms with Crippen LogP contribution in [0.2, 0.25) is 0 Å². The summed E-state index contributed by atoms with van der Waals surface area (Å²) in [4.78, 5) is 18.7. The van der Waals surface area contributed by atoms with Crippen LogP contribution in [0.15, 0.2) is 59.2 Å². The van der Waals surface area contributed by atoms with Gasteiger partial charge in [0.05, 0.1) is 13.2 Å². The molecular weight excluding hydrogens is 363 g/mol. The molecule has 1 amide bonds. The van der Waals surface area contributed by atoms with Crippen LogP contribution in [0.4, 0.5) is 4.39 Å². The number of likely N-dealkylation sites (tertiary alicyclic amines) is 1. The number of carbonyl (C=O) groups excluding carboxylic acids is 1. The van der Waals surface area contributed by atoms with Gasteiger partial charge in [-0.1, -0.05) is 18.2 Å². The van der Waals surface area contributed by atoms with Crippen molar-refractivity contribution in [2.45, 2.75) is 19.1 Å². The molecule has 1 aliphatic rings. The highest BCUT2D eigenvalue weighted by Crippen LogP contribution is 2.35. The number of nitrogens with zero attached hydrogens (tertiary/aromatic N) is 2. The molecule has 6 nitrogen and oxygen atoms in total. The van der Waals surface area contributed by atoms with Crippen LogP contribution in [0.1, 0.15) is 34.4 Å². The summed E-state index contributed by atoms with van der Waals surface area (Å²) >= 11 is 0. The van der Waals surface area contributed by atoms with Gasteiger partial charge in [-0.15, -0.1) is 0 Å². The minimum atomic E-state index is -0.387. The van der Waals surface area contributed by atoms with Crippen molar-refractivity contribution in [3.63, 3.8) is 0 Å². The fourth-order valence-corrected chi connectivity index (χ4v) is 3.15. The average Bonchev–Trinajstić information content (AvgIpc) is 3.15. The Balaban J connectivity index is 1.41. The normalized spacial score (nSPS) is 15.8. The number of hydrogen-bond donors (Lipinski definition) is 0. The molecule has 0 bridgehead atoms. The van der Waals surface area contributed by atoms with Crippen LogP contribution < -0.4 is 9.47 Å². The smallest absolute Gasteiger partial charge is 0.276 e. The minimum Gasteiger partial charge on any atom is -0.497 e. The Morgan fingerprint density at radius 1 is 1.25 bits per heavy atom. The van der Waals surface area contributed by atoms with E-state index < -0.39 is 0 Å². The molecule has 0 unspecified atom stereocenters. The summed E-state index contributed by atoms with van der Waals surface area (Å²) in [7, 11) is 1.62. The molecular formula is C21H19FN2O4. The van der Waals surface area contributed by atoms with Crippen molar-refractivity contribution in [2.75, 3.05) is 13.7 Å². The quantitative estimate of drug-likeness (QED) is 0.645. The summed E-state index contributed by atoms with van der Waals surface area (Å²) in [6.07, 6.45) is 2.21. The highest BCUT2D eigenvalue weighted by molar-refractivity contribution is 5.92. The average molecular weight is 382 g/mol. The Bertz CT molecular complexity index is 988. The second-order valence-electron chi connectivity index (χ2n) is 6.45. The first kappa shape index (κ1) is 18.0. The third-order valence-corrected chi connectivity index (χ3v) is 4.69. The molecule has 0 aliphatic carbocycles. The lowest BCUT2D eigenvalue weighted by Gasteiger charge is -2.41. The number of oxazole rings is 1. The maximum Gasteiger partial charge on any atom is 0.276 e. The summed E-state index contributed by atoms with van der Waals surface area (Å²) in [5.74, 6) is 0.801. The molecule has 1 atom stereocenters. The third kappa shape index (κ3) is 3.69. The van der Waals surface area contributed by atoms with Crippen molar-refractivity contribution in [2.24, 2.45) is 0 Å². The lowest BCUT2D eigenvalue weighted by atomic mass is 9.94. The van der Waals surface area contributed by atoms with Gasteiger partial charge in [-0.2, -0.15) is 0 Å². The number of halogens is 1. The Morgan fingerprint density at radius 3 is 2.82 bits per heavy atom. The number of hydrogen-bond acceptors (Lipinski definition) is 5. The molecule has 144 valence electrons. The second kappa shape index (κ2) is 7.72. The lowest BCUT2D eigenvalue weighted by molar-refractivity contribution is 0.0453. The largest absolute Gasteiger partial charge is 0.497 e. The molecule has 0 N–H and O–H groups in total. The summed E-state index contributed by atoms with van der Waals surface area (Å²) in [6.45, 7) is 0.665. The van der Waals surface area contributed by atoms with E-state index in [4.69, 9.17) is 13.9 Å². The van der Waals surface area contributed by atoms with Crippen molar-refractivity contribution >= 4 is 5.91 Å². The van der Waals surface area contributed by atoms with Crippen molar-refractivity contribution in [3.8, 4) is 11.5 Å². The van der Waals surface area contributed by atoms with E-state index in [0.29, 0.717) is 12.3 Å². The van der Waals surface area contributed by atoms with Crippen LogP contribution in [0.25, 0.3) is 0 Å². The van der Waals surface area contributed by atoms with Crippen LogP contribution in [-0.4, -0.2) is 29.4 Å². The minimum absolute atomic E-state index is 0.00806. The predicted molar refractivity (Wildman–Crippen MR) is 98.6 cm³/mol. The number of ether oxygens (including phenoxy) is 2. The molecule has 7 heteroatoms. The maximum atomic E-state index is 13.2. The zero-order valence-electron chi connectivity index (χ0n) is 15.3. The Kier molecular flexibility index (Phi) is 4.97. The monoisotopic (exact) mass is 382 g/mol. The maximum absolute atomic E-state index is 13.2. The van der Waals surface area contributed by atoms with E-state index in [0.717, 1.165) is 17.7 Å². The fourth-order valence-electron chi connectivity index (χ4n) is 3.15. The SMILES string of the molecule is COc1cccc([C@H]2CCN2C(=O)c2coc(COc3cccc(F)c3)n2)c1. The van der Waals surface area contributed by atoms with E-state index in [1.807, 2.05) is 24.3 Å². The molecule has 28 heavy (non-hydrogen) atoms. The molecule has 2 aromatic carbocycles. The van der Waals surface area contributed by atoms with Crippen molar-refractivity contribution < 1.29 is 23.1 Å². The molecule has 1 fully saturated rings. The van der Waals surface area contributed by atoms with Gasteiger partial charge in [-0.05, 0) is 36.2 Å². The van der Waals surface area contributed by atoms with E-state index in [1.54, 1.807) is 24.1 Å². The zero-order valence-corrected chi connectivity index (χ0v) is 15.3. The topological polar surface area (TPSA) is 64.8 Å². The zero-order chi connectivity index (χ0) is 19.5. The first-order valence-electron chi connectivity index (χ1n) is 8.92. The van der Waals surface area contributed by atoms with Gasteiger partial charge in [0.1, 0.15) is 23.6 Å². The number of benzene rings is 2. The van der Waals surface area contributed by atoms with Gasteiger partial charge < -0.3 is 18.8 Å². The predicted octanol–water partition coefficient (Wildman–Crippen LogP) is 3.99. The second-order valence-corrected chi connectivity index (χ2v) is 6.45. The van der Waals surface area contributed by atoms with E-state index in [9.17, 15) is 9.18 Å². The summed E-state index contributed by atoms with van der Waals surface area (Å²) < 4.78 is 29.2. The Morgan fingerprint density at radius 2 is 2.07 bits per heavy atom. The van der Waals surface area contributed by atoms with Gasteiger partial charge in [0.15, 0.2) is 12.3 Å². The molecule has 0 saturated carbocycles. The third-order valence-electron chi connectivity index (χ3n) is 4.69. The van der Waals surface area contributed by atoms with Crippen LogP contribution in [0.5, 0.6) is 11.5 Å². The molecule has 3 aromatic rings. The van der Waals surface area contributed by atoms with E-state index >= 15 is 0 Å². The summed E-state index contributed by atoms with van der Waals surface area (Å²) in [5, 5.41) is 0. The molecule has 1 aromatic heterocycles. The highest BCUT2D eigenvalue weighted by Gasteiger charge is 2.35. The Hall–Kier alpha value is -3.35. The molecule has 0 radical (unpaired) electrons. The molecule has 0 spiro atoms. The van der Waals surface area contributed by atoms with Gasteiger partial charge >= 0.3 is 0 Å². The van der Waals surface area contributed by atoms with Gasteiger partial charge in [-0.3, -0.25) is 4.79 Å². The van der Waals surface area contributed by atoms with Gasteiger partial charge in [0, 0.05) is 12.6 Å². The van der Waals surface area contributed by atoms with E-state index in [2.05, 4.69) is 4.98 Å². The molecule has 4 rings (SSSR count). The van der Waals surface area contributed by atoms with Gasteiger partial charge in [-0.25, -0.2) is 9.37 Å². The van der Waals surface area contributed by atoms with Crippen LogP contribution in [0.3, 0.4) is 0 Å². The first-order chi connectivity index (χ1) is 13.6. The number of rotatable bonds is 6. The van der Waals surface area contributed by atoms with Gasteiger partial charge in [0.25, 0.3) is 5.91 Å². The number of amides is 1. The van der Waals surface area contributed by atoms with Crippen molar-refractivity contribution in [1.82, 2.24) is 9.88 Å². The van der Waals surface area contributed by atoms with Crippen LogP contribution >= 0.6 is 0 Å². The standard InChI is InChI=1S/C21H19FN2O4/c1-26-16-6-2-4-14(10-16)19-8-9-24(19)21(25)18-12-28-20(23-18)13-27-17-7-3-5-15(22)11-17/h2-7,10-12,19H,8-9,13H2,1H3/t19-/m1/s1. The molecule has 1 aliphatic heterocycles.